The molecule has 0 radical (unpaired) electrons. The van der Waals surface area contributed by atoms with E-state index >= 15 is 0 Å². The Balaban J connectivity index is 1.70. The number of aryl methyl sites for hydroxylation is 1. The molecule has 0 unspecified atom stereocenters. The summed E-state index contributed by atoms with van der Waals surface area (Å²) in [6.45, 7) is 3.45. The Morgan fingerprint density at radius 3 is 2.62 bits per heavy atom. The molecule has 0 aliphatic rings. The number of carbonyl (C=O) groups excluding carboxylic acids is 2. The van der Waals surface area contributed by atoms with Gasteiger partial charge in [0.15, 0.2) is 5.78 Å². The van der Waals surface area contributed by atoms with E-state index in [4.69, 9.17) is 9.15 Å². The molecule has 0 saturated carbocycles. The minimum absolute atomic E-state index is 0.109. The standard InChI is InChI=1S/C18H17N3O4S/c1-10-14(17(23)24-3)11(2)19-15(10)13(22)9-26-18-21-20-16(25-18)12-7-5-4-6-8-12/h4-8,19H,9H2,1-3H3. The lowest BCUT2D eigenvalue weighted by molar-refractivity contribution is 0.0599. The summed E-state index contributed by atoms with van der Waals surface area (Å²) >= 11 is 1.15. The van der Waals surface area contributed by atoms with Gasteiger partial charge in [0.2, 0.25) is 5.89 Å². The molecule has 3 rings (SSSR count). The monoisotopic (exact) mass is 371 g/mol. The van der Waals surface area contributed by atoms with Gasteiger partial charge in [-0.15, -0.1) is 10.2 Å². The summed E-state index contributed by atoms with van der Waals surface area (Å²) in [5, 5.41) is 8.26. The lowest BCUT2D eigenvalue weighted by Gasteiger charge is -2.00. The van der Waals surface area contributed by atoms with E-state index in [2.05, 4.69) is 15.2 Å². The molecule has 2 heterocycles. The molecule has 0 aliphatic heterocycles. The van der Waals surface area contributed by atoms with Gasteiger partial charge >= 0.3 is 5.97 Å². The van der Waals surface area contributed by atoms with E-state index in [1.54, 1.807) is 13.8 Å². The van der Waals surface area contributed by atoms with Gasteiger partial charge in [0, 0.05) is 11.3 Å². The van der Waals surface area contributed by atoms with Crippen molar-refractivity contribution in [3.63, 3.8) is 0 Å². The average Bonchev–Trinajstić information content (AvgIpc) is 3.24. The van der Waals surface area contributed by atoms with Gasteiger partial charge in [-0.2, -0.15) is 0 Å². The number of Topliss-reactive ketones (excluding diaryl/α,β-unsaturated/α-hetero) is 1. The summed E-state index contributed by atoms with van der Waals surface area (Å²) in [7, 11) is 1.31. The molecule has 0 amide bonds. The lowest BCUT2D eigenvalue weighted by atomic mass is 10.1. The van der Waals surface area contributed by atoms with Crippen LogP contribution in [0.25, 0.3) is 11.5 Å². The highest BCUT2D eigenvalue weighted by Gasteiger charge is 2.23. The predicted molar refractivity (Wildman–Crippen MR) is 96.4 cm³/mol. The number of nitrogens with zero attached hydrogens (tertiary/aromatic N) is 2. The Morgan fingerprint density at radius 1 is 1.19 bits per heavy atom. The van der Waals surface area contributed by atoms with Crippen molar-refractivity contribution in [1.82, 2.24) is 15.2 Å². The first-order valence-electron chi connectivity index (χ1n) is 7.83. The number of ketones is 1. The maximum Gasteiger partial charge on any atom is 0.339 e. The number of aromatic nitrogens is 3. The number of hydrogen-bond donors (Lipinski definition) is 1. The first-order valence-corrected chi connectivity index (χ1v) is 8.82. The second-order valence-electron chi connectivity index (χ2n) is 5.57. The van der Waals surface area contributed by atoms with Crippen molar-refractivity contribution in [3.8, 4) is 11.5 Å². The normalized spacial score (nSPS) is 10.7. The minimum atomic E-state index is -0.465. The van der Waals surface area contributed by atoms with Crippen LogP contribution in [-0.2, 0) is 4.74 Å². The van der Waals surface area contributed by atoms with Crippen LogP contribution in [0.1, 0.15) is 32.1 Å². The van der Waals surface area contributed by atoms with Crippen LogP contribution in [0.5, 0.6) is 0 Å². The van der Waals surface area contributed by atoms with Gasteiger partial charge in [0.25, 0.3) is 5.22 Å². The fraction of sp³-hybridized carbons (Fsp3) is 0.222. The van der Waals surface area contributed by atoms with Crippen LogP contribution in [0.2, 0.25) is 0 Å². The molecular weight excluding hydrogens is 354 g/mol. The van der Waals surface area contributed by atoms with Crippen molar-refractivity contribution in [1.29, 1.82) is 0 Å². The first-order chi connectivity index (χ1) is 12.5. The zero-order chi connectivity index (χ0) is 18.7. The molecule has 0 fully saturated rings. The molecule has 2 aromatic heterocycles. The molecule has 0 saturated heterocycles. The molecule has 26 heavy (non-hydrogen) atoms. The van der Waals surface area contributed by atoms with Gasteiger partial charge < -0.3 is 14.1 Å². The van der Waals surface area contributed by atoms with Crippen molar-refractivity contribution < 1.29 is 18.7 Å². The maximum absolute atomic E-state index is 12.5. The van der Waals surface area contributed by atoms with Crippen LogP contribution in [0.15, 0.2) is 40.0 Å². The highest BCUT2D eigenvalue weighted by molar-refractivity contribution is 7.99. The predicted octanol–water partition coefficient (Wildman–Crippen LogP) is 3.44. The smallest absolute Gasteiger partial charge is 0.339 e. The number of carbonyl (C=O) groups is 2. The van der Waals surface area contributed by atoms with E-state index < -0.39 is 5.97 Å². The zero-order valence-electron chi connectivity index (χ0n) is 14.5. The van der Waals surface area contributed by atoms with E-state index in [1.165, 1.54) is 7.11 Å². The molecule has 1 N–H and O–H groups in total. The second-order valence-corrected chi connectivity index (χ2v) is 6.49. The molecule has 0 bridgehead atoms. The highest BCUT2D eigenvalue weighted by Crippen LogP contribution is 2.25. The SMILES string of the molecule is COC(=O)c1c(C)[nH]c(C(=O)CSc2nnc(-c3ccccc3)o2)c1C. The van der Waals surface area contributed by atoms with Gasteiger partial charge in [-0.05, 0) is 31.5 Å². The van der Waals surface area contributed by atoms with E-state index in [0.29, 0.717) is 33.6 Å². The molecule has 3 aromatic rings. The van der Waals surface area contributed by atoms with Gasteiger partial charge in [0.1, 0.15) is 0 Å². The summed E-state index contributed by atoms with van der Waals surface area (Å²) in [6.07, 6.45) is 0. The van der Waals surface area contributed by atoms with Crippen LogP contribution in [-0.4, -0.2) is 39.8 Å². The molecule has 1 aromatic carbocycles. The van der Waals surface area contributed by atoms with Crippen molar-refractivity contribution >= 4 is 23.5 Å². The Hall–Kier alpha value is -2.87. The number of aromatic amines is 1. The first kappa shape index (κ1) is 17.9. The van der Waals surface area contributed by atoms with Crippen molar-refractivity contribution in [2.24, 2.45) is 0 Å². The zero-order valence-corrected chi connectivity index (χ0v) is 15.3. The minimum Gasteiger partial charge on any atom is -0.465 e. The Morgan fingerprint density at radius 2 is 1.92 bits per heavy atom. The number of ether oxygens (including phenoxy) is 1. The van der Waals surface area contributed by atoms with Gasteiger partial charge in [-0.3, -0.25) is 4.79 Å². The number of H-pyrrole nitrogens is 1. The van der Waals surface area contributed by atoms with Crippen LogP contribution >= 0.6 is 11.8 Å². The fourth-order valence-electron chi connectivity index (χ4n) is 2.60. The second kappa shape index (κ2) is 7.57. The largest absolute Gasteiger partial charge is 0.465 e. The summed E-state index contributed by atoms with van der Waals surface area (Å²) in [6, 6.07) is 9.40. The van der Waals surface area contributed by atoms with Crippen LogP contribution < -0.4 is 0 Å². The third kappa shape index (κ3) is 3.55. The number of thioether (sulfide) groups is 1. The number of methoxy groups -OCH3 is 1. The molecule has 0 aliphatic carbocycles. The summed E-state index contributed by atoms with van der Waals surface area (Å²) in [5.41, 5.74) is 2.78. The third-order valence-electron chi connectivity index (χ3n) is 3.86. The van der Waals surface area contributed by atoms with Gasteiger partial charge in [-0.1, -0.05) is 30.0 Å². The number of rotatable bonds is 6. The number of benzene rings is 1. The van der Waals surface area contributed by atoms with Crippen LogP contribution in [0, 0.1) is 13.8 Å². The fourth-order valence-corrected chi connectivity index (χ4v) is 3.24. The average molecular weight is 371 g/mol. The summed E-state index contributed by atoms with van der Waals surface area (Å²) < 4.78 is 10.3. The molecule has 0 atom stereocenters. The maximum atomic E-state index is 12.5. The molecule has 134 valence electrons. The summed E-state index contributed by atoms with van der Waals surface area (Å²) in [4.78, 5) is 27.3. The van der Waals surface area contributed by atoms with E-state index in [1.807, 2.05) is 30.3 Å². The van der Waals surface area contributed by atoms with Gasteiger partial charge in [-0.25, -0.2) is 4.79 Å². The topological polar surface area (TPSA) is 98.1 Å². The van der Waals surface area contributed by atoms with Crippen molar-refractivity contribution in [2.45, 2.75) is 19.1 Å². The Kier molecular flexibility index (Phi) is 5.22. The molecule has 8 heteroatoms. The summed E-state index contributed by atoms with van der Waals surface area (Å²) in [5.74, 6) is -0.115. The Bertz CT molecular complexity index is 947. The van der Waals surface area contributed by atoms with E-state index in [9.17, 15) is 9.59 Å². The molecule has 0 spiro atoms. The van der Waals surface area contributed by atoms with Crippen LogP contribution in [0.3, 0.4) is 0 Å². The number of nitrogens with one attached hydrogen (secondary N) is 1. The van der Waals surface area contributed by atoms with Crippen LogP contribution in [0.4, 0.5) is 0 Å². The van der Waals surface area contributed by atoms with E-state index in [0.717, 1.165) is 17.3 Å². The number of hydrogen-bond acceptors (Lipinski definition) is 7. The lowest BCUT2D eigenvalue weighted by Crippen LogP contribution is -2.07. The number of esters is 1. The van der Waals surface area contributed by atoms with Crippen molar-refractivity contribution in [2.75, 3.05) is 12.9 Å². The Labute approximate surface area is 154 Å². The molecular formula is C18H17N3O4S. The molecule has 7 nitrogen and oxygen atoms in total. The quantitative estimate of drug-likeness (QED) is 0.402. The third-order valence-corrected chi connectivity index (χ3v) is 4.68. The van der Waals surface area contributed by atoms with Crippen molar-refractivity contribution in [3.05, 3.63) is 52.8 Å². The van der Waals surface area contributed by atoms with E-state index in [-0.39, 0.29) is 11.5 Å². The van der Waals surface area contributed by atoms with Gasteiger partial charge in [0.05, 0.1) is 24.1 Å². The highest BCUT2D eigenvalue weighted by atomic mass is 32.2.